The molecule has 244 valence electrons. The van der Waals surface area contributed by atoms with Crippen LogP contribution in [0.3, 0.4) is 0 Å². The summed E-state index contributed by atoms with van der Waals surface area (Å²) in [6.45, 7) is 9.48. The molecule has 0 saturated heterocycles. The molecule has 1 aliphatic rings. The van der Waals surface area contributed by atoms with Crippen LogP contribution in [0.4, 0.5) is 0 Å². The molecule has 1 unspecified atom stereocenters. The number of unbranched alkanes of at least 4 members (excludes halogenated alkanes) is 27. The van der Waals surface area contributed by atoms with E-state index in [1.165, 1.54) is 212 Å². The SMILES string of the molecule is CCCCCCCCCCCCCCCCCCN1C=CN(CCCCCCC)C1CCCCCCCCCCC. The number of rotatable bonds is 33. The van der Waals surface area contributed by atoms with Crippen molar-refractivity contribution >= 4 is 0 Å². The number of nitrogens with zero attached hydrogens (tertiary/aromatic N) is 2. The molecule has 0 aliphatic carbocycles. The average Bonchev–Trinajstić information content (AvgIpc) is 3.37. The van der Waals surface area contributed by atoms with Crippen LogP contribution in [0.15, 0.2) is 12.4 Å². The van der Waals surface area contributed by atoms with Crippen LogP contribution >= 0.6 is 0 Å². The summed E-state index contributed by atoms with van der Waals surface area (Å²) in [5, 5.41) is 0. The standard InChI is InChI=1S/C39H78N2/c1-4-7-10-13-15-17-18-19-20-21-22-23-25-27-30-33-36-41-38-37-40(35-32-29-12-9-6-3)39(41)34-31-28-26-24-16-14-11-8-5-2/h37-39H,4-36H2,1-3H3. The molecule has 0 saturated carbocycles. The Bertz CT molecular complexity index is 530. The maximum absolute atomic E-state index is 2.71. The lowest BCUT2D eigenvalue weighted by molar-refractivity contribution is 0.135. The topological polar surface area (TPSA) is 6.48 Å². The minimum Gasteiger partial charge on any atom is -0.356 e. The largest absolute Gasteiger partial charge is 0.356 e. The summed E-state index contributed by atoms with van der Waals surface area (Å²) in [5.41, 5.74) is 0. The molecule has 0 radical (unpaired) electrons. The first-order valence-corrected chi connectivity index (χ1v) is 19.5. The van der Waals surface area contributed by atoms with Gasteiger partial charge in [-0.3, -0.25) is 0 Å². The smallest absolute Gasteiger partial charge is 0.101 e. The highest BCUT2D eigenvalue weighted by Gasteiger charge is 2.24. The van der Waals surface area contributed by atoms with E-state index in [1.54, 1.807) is 0 Å². The van der Waals surface area contributed by atoms with Crippen LogP contribution < -0.4 is 0 Å². The van der Waals surface area contributed by atoms with Crippen molar-refractivity contribution < 1.29 is 0 Å². The van der Waals surface area contributed by atoms with Gasteiger partial charge in [0.2, 0.25) is 0 Å². The molecule has 0 bridgehead atoms. The first-order valence-electron chi connectivity index (χ1n) is 19.5. The van der Waals surface area contributed by atoms with Crippen molar-refractivity contribution in [2.45, 2.75) is 226 Å². The highest BCUT2D eigenvalue weighted by molar-refractivity contribution is 4.97. The van der Waals surface area contributed by atoms with Crippen LogP contribution in [0.5, 0.6) is 0 Å². The third-order valence-electron chi connectivity index (χ3n) is 9.57. The monoisotopic (exact) mass is 575 g/mol. The first kappa shape index (κ1) is 38.4. The van der Waals surface area contributed by atoms with Gasteiger partial charge in [0.1, 0.15) is 6.17 Å². The minimum absolute atomic E-state index is 0.641. The summed E-state index contributed by atoms with van der Waals surface area (Å²) < 4.78 is 0. The molecular weight excluding hydrogens is 496 g/mol. The predicted molar refractivity (Wildman–Crippen MR) is 186 cm³/mol. The second kappa shape index (κ2) is 30.8. The highest BCUT2D eigenvalue weighted by Crippen LogP contribution is 2.24. The zero-order valence-corrected chi connectivity index (χ0v) is 29.0. The van der Waals surface area contributed by atoms with Crippen LogP contribution in [0.1, 0.15) is 220 Å². The van der Waals surface area contributed by atoms with Gasteiger partial charge in [-0.15, -0.1) is 0 Å². The Morgan fingerprint density at radius 3 is 0.854 bits per heavy atom. The van der Waals surface area contributed by atoms with E-state index in [2.05, 4.69) is 43.0 Å². The Balaban J connectivity index is 2.12. The van der Waals surface area contributed by atoms with Crippen molar-refractivity contribution in [2.75, 3.05) is 13.1 Å². The van der Waals surface area contributed by atoms with E-state index >= 15 is 0 Å². The second-order valence-electron chi connectivity index (χ2n) is 13.6. The molecule has 0 aromatic rings. The van der Waals surface area contributed by atoms with Crippen molar-refractivity contribution in [1.29, 1.82) is 0 Å². The van der Waals surface area contributed by atoms with E-state index in [4.69, 9.17) is 0 Å². The van der Waals surface area contributed by atoms with Gasteiger partial charge in [-0.1, -0.05) is 194 Å². The van der Waals surface area contributed by atoms with Gasteiger partial charge >= 0.3 is 0 Å². The minimum atomic E-state index is 0.641. The van der Waals surface area contributed by atoms with E-state index in [1.807, 2.05) is 0 Å². The summed E-state index contributed by atoms with van der Waals surface area (Å²) in [5.74, 6) is 0. The van der Waals surface area contributed by atoms with E-state index in [9.17, 15) is 0 Å². The molecule has 1 aliphatic heterocycles. The van der Waals surface area contributed by atoms with Crippen molar-refractivity contribution in [3.05, 3.63) is 12.4 Å². The molecule has 0 aromatic carbocycles. The fourth-order valence-electron chi connectivity index (χ4n) is 6.72. The Labute approximate surface area is 260 Å². The molecule has 1 rings (SSSR count). The molecule has 0 fully saturated rings. The van der Waals surface area contributed by atoms with Crippen LogP contribution in [-0.2, 0) is 0 Å². The van der Waals surface area contributed by atoms with Crippen molar-refractivity contribution in [1.82, 2.24) is 9.80 Å². The number of hydrogen-bond acceptors (Lipinski definition) is 2. The molecule has 2 nitrogen and oxygen atoms in total. The third-order valence-corrected chi connectivity index (χ3v) is 9.57. The van der Waals surface area contributed by atoms with Crippen LogP contribution in [0.25, 0.3) is 0 Å². The Morgan fingerprint density at radius 2 is 0.561 bits per heavy atom. The average molecular weight is 575 g/mol. The van der Waals surface area contributed by atoms with Crippen molar-refractivity contribution in [2.24, 2.45) is 0 Å². The van der Waals surface area contributed by atoms with Crippen molar-refractivity contribution in [3.8, 4) is 0 Å². The summed E-state index contributed by atoms with van der Waals surface area (Å²) in [4.78, 5) is 5.41. The molecule has 0 amide bonds. The highest BCUT2D eigenvalue weighted by atomic mass is 15.4. The lowest BCUT2D eigenvalue weighted by atomic mass is 10.0. The summed E-state index contributed by atoms with van der Waals surface area (Å²) >= 11 is 0. The normalized spacial score (nSPS) is 15.0. The first-order chi connectivity index (χ1) is 20.3. The number of hydrogen-bond donors (Lipinski definition) is 0. The maximum atomic E-state index is 2.71. The molecule has 2 heteroatoms. The van der Waals surface area contributed by atoms with Gasteiger partial charge in [0.25, 0.3) is 0 Å². The third kappa shape index (κ3) is 23.5. The molecule has 41 heavy (non-hydrogen) atoms. The summed E-state index contributed by atoms with van der Waals surface area (Å²) in [7, 11) is 0. The van der Waals surface area contributed by atoms with Gasteiger partial charge in [0, 0.05) is 25.5 Å². The van der Waals surface area contributed by atoms with Crippen LogP contribution in [0, 0.1) is 0 Å². The second-order valence-corrected chi connectivity index (χ2v) is 13.6. The zero-order valence-electron chi connectivity index (χ0n) is 29.0. The van der Waals surface area contributed by atoms with Crippen LogP contribution in [0.2, 0.25) is 0 Å². The summed E-state index contributed by atoms with van der Waals surface area (Å²) in [6, 6.07) is 0. The van der Waals surface area contributed by atoms with E-state index in [-0.39, 0.29) is 0 Å². The van der Waals surface area contributed by atoms with E-state index in [0.29, 0.717) is 6.17 Å². The van der Waals surface area contributed by atoms with Crippen LogP contribution in [-0.4, -0.2) is 29.1 Å². The quantitative estimate of drug-likeness (QED) is 0.0719. The zero-order chi connectivity index (χ0) is 29.5. The Hall–Kier alpha value is -0.660. The van der Waals surface area contributed by atoms with Gasteiger partial charge in [-0.2, -0.15) is 0 Å². The lowest BCUT2D eigenvalue weighted by Gasteiger charge is -2.33. The van der Waals surface area contributed by atoms with Gasteiger partial charge in [0.05, 0.1) is 0 Å². The lowest BCUT2D eigenvalue weighted by Crippen LogP contribution is -2.39. The van der Waals surface area contributed by atoms with E-state index < -0.39 is 0 Å². The van der Waals surface area contributed by atoms with Gasteiger partial charge in [-0.25, -0.2) is 0 Å². The van der Waals surface area contributed by atoms with Gasteiger partial charge < -0.3 is 9.80 Å². The van der Waals surface area contributed by atoms with E-state index in [0.717, 1.165) is 0 Å². The molecule has 1 heterocycles. The fraction of sp³-hybridized carbons (Fsp3) is 0.949. The summed E-state index contributed by atoms with van der Waals surface area (Å²) in [6.07, 6.45) is 50.0. The molecule has 0 N–H and O–H groups in total. The molecule has 0 aromatic heterocycles. The van der Waals surface area contributed by atoms with Gasteiger partial charge in [-0.05, 0) is 25.7 Å². The predicted octanol–water partition coefficient (Wildman–Crippen LogP) is 13.6. The molecule has 1 atom stereocenters. The Kier molecular flexibility index (Phi) is 28.8. The fourth-order valence-corrected chi connectivity index (χ4v) is 6.72. The molecule has 0 spiro atoms. The molecular formula is C39H78N2. The van der Waals surface area contributed by atoms with Crippen molar-refractivity contribution in [3.63, 3.8) is 0 Å². The Morgan fingerprint density at radius 1 is 0.317 bits per heavy atom. The maximum Gasteiger partial charge on any atom is 0.101 e. The van der Waals surface area contributed by atoms with Gasteiger partial charge in [0.15, 0.2) is 0 Å².